The van der Waals surface area contributed by atoms with Crippen LogP contribution in [0.25, 0.3) is 0 Å². The van der Waals surface area contributed by atoms with E-state index in [4.69, 9.17) is 14.2 Å². The van der Waals surface area contributed by atoms with Gasteiger partial charge in [-0.25, -0.2) is 4.79 Å². The Morgan fingerprint density at radius 1 is 1.21 bits per heavy atom. The third kappa shape index (κ3) is 4.25. The Labute approximate surface area is 161 Å². The highest BCUT2D eigenvalue weighted by molar-refractivity contribution is 5.70. The summed E-state index contributed by atoms with van der Waals surface area (Å²) in [6.45, 7) is 5.21. The molecule has 2 N–H and O–H groups in total. The number of phenolic OH excluding ortho intramolecular Hbond substituents is 1. The standard InChI is InChI=1S/C19H20N2O7/c1-19(2,3)28-18(23)20-17(11-4-6-12(7-5-11)21(24)25)13-8-15-16(9-14(13)22)27-10-26-15/h4-9,17,22H,10H2,1-3H3,(H,20,23)/t17-/m1/s1. The number of carbonyl (C=O) groups excluding carboxylic acids is 1. The van der Waals surface area contributed by atoms with Gasteiger partial charge in [-0.05, 0) is 44.5 Å². The molecule has 0 bridgehead atoms. The zero-order valence-corrected chi connectivity index (χ0v) is 15.6. The van der Waals surface area contributed by atoms with Crippen molar-refractivity contribution in [3.63, 3.8) is 0 Å². The van der Waals surface area contributed by atoms with Crippen LogP contribution in [0.1, 0.15) is 37.9 Å². The van der Waals surface area contributed by atoms with Crippen LogP contribution in [0.3, 0.4) is 0 Å². The number of hydrogen-bond acceptors (Lipinski definition) is 7. The molecule has 0 saturated heterocycles. The number of benzene rings is 2. The minimum atomic E-state index is -0.829. The maximum Gasteiger partial charge on any atom is 0.408 e. The van der Waals surface area contributed by atoms with E-state index in [1.54, 1.807) is 26.8 Å². The molecule has 3 rings (SSSR count). The number of carbonyl (C=O) groups is 1. The van der Waals surface area contributed by atoms with Gasteiger partial charge in [0, 0.05) is 23.8 Å². The molecule has 148 valence electrons. The number of hydrogen-bond donors (Lipinski definition) is 2. The van der Waals surface area contributed by atoms with Gasteiger partial charge in [0.2, 0.25) is 6.79 Å². The minimum absolute atomic E-state index is 0.0277. The third-order valence-electron chi connectivity index (χ3n) is 3.93. The molecule has 0 radical (unpaired) electrons. The Balaban J connectivity index is 1.99. The van der Waals surface area contributed by atoms with Crippen molar-refractivity contribution in [2.75, 3.05) is 6.79 Å². The predicted octanol–water partition coefficient (Wildman–Crippen LogP) is 3.64. The summed E-state index contributed by atoms with van der Waals surface area (Å²) in [6.07, 6.45) is -0.701. The SMILES string of the molecule is CC(C)(C)OC(=O)N[C@H](c1ccc([N+](=O)[O-])cc1)c1cc2c(cc1O)OCO2. The van der Waals surface area contributed by atoms with Gasteiger partial charge < -0.3 is 24.6 Å². The first kappa shape index (κ1) is 19.3. The summed E-state index contributed by atoms with van der Waals surface area (Å²) in [5.41, 5.74) is 0.0466. The second-order valence-corrected chi connectivity index (χ2v) is 7.19. The molecule has 9 nitrogen and oxygen atoms in total. The first-order chi connectivity index (χ1) is 13.1. The number of ether oxygens (including phenoxy) is 3. The van der Waals surface area contributed by atoms with Crippen LogP contribution in [0.15, 0.2) is 36.4 Å². The van der Waals surface area contributed by atoms with Gasteiger partial charge in [-0.2, -0.15) is 0 Å². The molecule has 1 aliphatic heterocycles. The Hall–Kier alpha value is -3.49. The van der Waals surface area contributed by atoms with Crippen molar-refractivity contribution < 1.29 is 29.0 Å². The fourth-order valence-electron chi connectivity index (χ4n) is 2.73. The molecule has 0 fully saturated rings. The lowest BCUT2D eigenvalue weighted by Crippen LogP contribution is -2.35. The van der Waals surface area contributed by atoms with E-state index in [1.807, 2.05) is 0 Å². The van der Waals surface area contributed by atoms with Crippen LogP contribution in [0.2, 0.25) is 0 Å². The van der Waals surface area contributed by atoms with Crippen molar-refractivity contribution in [3.05, 3.63) is 57.6 Å². The monoisotopic (exact) mass is 388 g/mol. The molecular weight excluding hydrogens is 368 g/mol. The van der Waals surface area contributed by atoms with Crippen molar-refractivity contribution in [1.82, 2.24) is 5.32 Å². The van der Waals surface area contributed by atoms with Crippen molar-refractivity contribution >= 4 is 11.8 Å². The second kappa shape index (κ2) is 7.26. The lowest BCUT2D eigenvalue weighted by molar-refractivity contribution is -0.384. The number of nitrogens with zero attached hydrogens (tertiary/aromatic N) is 1. The summed E-state index contributed by atoms with van der Waals surface area (Å²) in [5.74, 6) is 0.690. The molecule has 1 atom stereocenters. The Kier molecular flexibility index (Phi) is 5.00. The van der Waals surface area contributed by atoms with Gasteiger partial charge in [0.15, 0.2) is 11.5 Å². The molecule has 0 spiro atoms. The second-order valence-electron chi connectivity index (χ2n) is 7.19. The van der Waals surface area contributed by atoms with E-state index in [0.717, 1.165) is 0 Å². The number of aromatic hydroxyl groups is 1. The molecule has 9 heteroatoms. The van der Waals surface area contributed by atoms with E-state index < -0.39 is 22.7 Å². The number of nitro groups is 1. The van der Waals surface area contributed by atoms with Gasteiger partial charge in [-0.1, -0.05) is 0 Å². The molecule has 0 unspecified atom stereocenters. The average Bonchev–Trinajstić information content (AvgIpc) is 3.05. The quantitative estimate of drug-likeness (QED) is 0.606. The molecule has 0 aliphatic carbocycles. The Bertz CT molecular complexity index is 904. The number of nitro benzene ring substituents is 1. The highest BCUT2D eigenvalue weighted by Crippen LogP contribution is 2.41. The highest BCUT2D eigenvalue weighted by Gasteiger charge is 2.27. The van der Waals surface area contributed by atoms with Crippen LogP contribution in [-0.2, 0) is 4.74 Å². The van der Waals surface area contributed by atoms with Gasteiger partial charge in [0.25, 0.3) is 5.69 Å². The summed E-state index contributed by atoms with van der Waals surface area (Å²) in [5, 5.41) is 24.1. The first-order valence-electron chi connectivity index (χ1n) is 8.50. The normalized spacial score (nSPS) is 13.7. The molecule has 2 aromatic rings. The summed E-state index contributed by atoms with van der Waals surface area (Å²) in [6, 6.07) is 7.78. The molecule has 1 aliphatic rings. The van der Waals surface area contributed by atoms with Crippen LogP contribution < -0.4 is 14.8 Å². The van der Waals surface area contributed by atoms with E-state index in [9.17, 15) is 20.0 Å². The number of phenols is 1. The summed E-state index contributed by atoms with van der Waals surface area (Å²) in [7, 11) is 0. The summed E-state index contributed by atoms with van der Waals surface area (Å²) < 4.78 is 15.9. The molecule has 1 heterocycles. The molecular formula is C19H20N2O7. The summed E-state index contributed by atoms with van der Waals surface area (Å²) in [4.78, 5) is 22.8. The number of amides is 1. The number of nitrogens with one attached hydrogen (secondary N) is 1. The van der Waals surface area contributed by atoms with E-state index in [0.29, 0.717) is 22.6 Å². The first-order valence-corrected chi connectivity index (χ1v) is 8.50. The zero-order valence-electron chi connectivity index (χ0n) is 15.6. The third-order valence-corrected chi connectivity index (χ3v) is 3.93. The molecule has 0 aromatic heterocycles. The maximum absolute atomic E-state index is 12.4. The fraction of sp³-hybridized carbons (Fsp3) is 0.316. The van der Waals surface area contributed by atoms with Crippen LogP contribution in [0.4, 0.5) is 10.5 Å². The molecule has 0 saturated carbocycles. The van der Waals surface area contributed by atoms with Crippen LogP contribution in [0, 0.1) is 10.1 Å². The molecule has 1 amide bonds. The van der Waals surface area contributed by atoms with E-state index in [-0.39, 0.29) is 18.2 Å². The number of alkyl carbamates (subject to hydrolysis) is 1. The number of fused-ring (bicyclic) bond motifs is 1. The van der Waals surface area contributed by atoms with Crippen LogP contribution in [0.5, 0.6) is 17.2 Å². The lowest BCUT2D eigenvalue weighted by atomic mass is 9.97. The largest absolute Gasteiger partial charge is 0.507 e. The van der Waals surface area contributed by atoms with Crippen molar-refractivity contribution in [2.24, 2.45) is 0 Å². The smallest absolute Gasteiger partial charge is 0.408 e. The number of non-ortho nitro benzene ring substituents is 1. The van der Waals surface area contributed by atoms with E-state index in [1.165, 1.54) is 30.3 Å². The molecule has 2 aromatic carbocycles. The van der Waals surface area contributed by atoms with Gasteiger partial charge in [-0.15, -0.1) is 0 Å². The van der Waals surface area contributed by atoms with Crippen molar-refractivity contribution in [2.45, 2.75) is 32.4 Å². The molecule has 28 heavy (non-hydrogen) atoms. The predicted molar refractivity (Wildman–Crippen MR) is 98.5 cm³/mol. The maximum atomic E-state index is 12.4. The van der Waals surface area contributed by atoms with Gasteiger partial charge in [0.05, 0.1) is 11.0 Å². The fourth-order valence-corrected chi connectivity index (χ4v) is 2.73. The topological polar surface area (TPSA) is 120 Å². The van der Waals surface area contributed by atoms with Gasteiger partial charge >= 0.3 is 6.09 Å². The van der Waals surface area contributed by atoms with Crippen LogP contribution in [-0.4, -0.2) is 28.5 Å². The Morgan fingerprint density at radius 3 is 2.39 bits per heavy atom. The lowest BCUT2D eigenvalue weighted by Gasteiger charge is -2.24. The highest BCUT2D eigenvalue weighted by atomic mass is 16.7. The van der Waals surface area contributed by atoms with Crippen molar-refractivity contribution in [3.8, 4) is 17.2 Å². The van der Waals surface area contributed by atoms with E-state index in [2.05, 4.69) is 5.32 Å². The van der Waals surface area contributed by atoms with Crippen molar-refractivity contribution in [1.29, 1.82) is 0 Å². The zero-order chi connectivity index (χ0) is 20.5. The Morgan fingerprint density at radius 2 is 1.82 bits per heavy atom. The minimum Gasteiger partial charge on any atom is -0.507 e. The number of rotatable bonds is 4. The van der Waals surface area contributed by atoms with Gasteiger partial charge in [0.1, 0.15) is 11.4 Å². The average molecular weight is 388 g/mol. The van der Waals surface area contributed by atoms with Gasteiger partial charge in [-0.3, -0.25) is 10.1 Å². The van der Waals surface area contributed by atoms with E-state index >= 15 is 0 Å². The summed E-state index contributed by atoms with van der Waals surface area (Å²) >= 11 is 0. The van der Waals surface area contributed by atoms with Crippen LogP contribution >= 0.6 is 0 Å².